The molecule has 150 valence electrons. The number of carbonyl (C=O) groups excluding carboxylic acids is 1. The van der Waals surface area contributed by atoms with E-state index in [0.29, 0.717) is 54.0 Å². The Morgan fingerprint density at radius 1 is 1.24 bits per heavy atom. The third kappa shape index (κ3) is 4.14. The molecule has 0 saturated carbocycles. The van der Waals surface area contributed by atoms with Gasteiger partial charge in [-0.05, 0) is 48.4 Å². The molecule has 3 aromatic rings. The van der Waals surface area contributed by atoms with Crippen molar-refractivity contribution in [3.63, 3.8) is 0 Å². The fourth-order valence-electron chi connectivity index (χ4n) is 3.16. The van der Waals surface area contributed by atoms with Crippen LogP contribution in [0.15, 0.2) is 42.6 Å². The van der Waals surface area contributed by atoms with Crippen LogP contribution in [0.4, 0.5) is 0 Å². The standard InChI is InChI=1S/C21H20ClN3O4/c1-27-15-4-2-14(3-5-15)19-16(12-24-25-19)21(26)23-7-6-13-10-17(22)20-18(11-13)28-8-9-29-20/h2-5,10-12H,6-9H2,1H3,(H,23,26)(H,24,25). The number of rotatable bonds is 6. The Kier molecular flexibility index (Phi) is 5.57. The second-order valence-corrected chi connectivity index (χ2v) is 6.90. The van der Waals surface area contributed by atoms with Gasteiger partial charge in [0, 0.05) is 12.1 Å². The normalized spacial score (nSPS) is 12.5. The van der Waals surface area contributed by atoms with E-state index >= 15 is 0 Å². The van der Waals surface area contributed by atoms with Crippen LogP contribution in [0, 0.1) is 0 Å². The number of aromatic nitrogens is 2. The summed E-state index contributed by atoms with van der Waals surface area (Å²) in [5, 5.41) is 10.4. The number of ether oxygens (including phenoxy) is 3. The predicted octanol–water partition coefficient (Wildman–Crippen LogP) is 3.48. The predicted molar refractivity (Wildman–Crippen MR) is 109 cm³/mol. The lowest BCUT2D eigenvalue weighted by Crippen LogP contribution is -2.26. The van der Waals surface area contributed by atoms with E-state index < -0.39 is 0 Å². The van der Waals surface area contributed by atoms with Gasteiger partial charge >= 0.3 is 0 Å². The summed E-state index contributed by atoms with van der Waals surface area (Å²) in [6.45, 7) is 1.43. The number of amides is 1. The van der Waals surface area contributed by atoms with E-state index in [1.54, 1.807) is 7.11 Å². The third-order valence-electron chi connectivity index (χ3n) is 4.62. The minimum atomic E-state index is -0.201. The fraction of sp³-hybridized carbons (Fsp3) is 0.238. The SMILES string of the molecule is COc1ccc(-c2[nH]ncc2C(=O)NCCc2cc(Cl)c3c(c2)OCCO3)cc1. The van der Waals surface area contributed by atoms with Crippen LogP contribution in [0.25, 0.3) is 11.3 Å². The summed E-state index contributed by atoms with van der Waals surface area (Å²) in [6.07, 6.45) is 2.13. The quantitative estimate of drug-likeness (QED) is 0.646. The molecule has 0 radical (unpaired) electrons. The number of hydrogen-bond donors (Lipinski definition) is 2. The minimum Gasteiger partial charge on any atom is -0.497 e. The van der Waals surface area contributed by atoms with E-state index in [4.69, 9.17) is 25.8 Å². The van der Waals surface area contributed by atoms with Gasteiger partial charge in [-0.15, -0.1) is 0 Å². The van der Waals surface area contributed by atoms with Crippen molar-refractivity contribution in [2.45, 2.75) is 6.42 Å². The number of fused-ring (bicyclic) bond motifs is 1. The molecule has 1 amide bonds. The monoisotopic (exact) mass is 413 g/mol. The van der Waals surface area contributed by atoms with Gasteiger partial charge in [0.2, 0.25) is 0 Å². The highest BCUT2D eigenvalue weighted by Crippen LogP contribution is 2.38. The molecule has 1 aromatic heterocycles. The van der Waals surface area contributed by atoms with Gasteiger partial charge in [-0.1, -0.05) is 11.6 Å². The highest BCUT2D eigenvalue weighted by Gasteiger charge is 2.18. The van der Waals surface area contributed by atoms with E-state index in [2.05, 4.69) is 15.5 Å². The Hall–Kier alpha value is -3.19. The van der Waals surface area contributed by atoms with Gasteiger partial charge in [0.05, 0.1) is 29.6 Å². The molecule has 1 aliphatic rings. The molecule has 2 N–H and O–H groups in total. The average molecular weight is 414 g/mol. The zero-order chi connectivity index (χ0) is 20.2. The van der Waals surface area contributed by atoms with Gasteiger partial charge in [-0.3, -0.25) is 9.89 Å². The Bertz CT molecular complexity index is 1020. The van der Waals surface area contributed by atoms with E-state index in [0.717, 1.165) is 16.9 Å². The first kappa shape index (κ1) is 19.1. The lowest BCUT2D eigenvalue weighted by molar-refractivity contribution is 0.0955. The summed E-state index contributed by atoms with van der Waals surface area (Å²) >= 11 is 6.27. The second kappa shape index (κ2) is 8.45. The van der Waals surface area contributed by atoms with Crippen molar-refractivity contribution in [2.75, 3.05) is 26.9 Å². The molecular formula is C21H20ClN3O4. The molecule has 0 fully saturated rings. The van der Waals surface area contributed by atoms with Crippen LogP contribution in [0.2, 0.25) is 5.02 Å². The first-order valence-electron chi connectivity index (χ1n) is 9.19. The maximum atomic E-state index is 12.6. The summed E-state index contributed by atoms with van der Waals surface area (Å²) in [7, 11) is 1.61. The van der Waals surface area contributed by atoms with Gasteiger partial charge < -0.3 is 19.5 Å². The van der Waals surface area contributed by atoms with Crippen molar-refractivity contribution >= 4 is 17.5 Å². The molecule has 1 aliphatic heterocycles. The third-order valence-corrected chi connectivity index (χ3v) is 4.90. The van der Waals surface area contributed by atoms with E-state index in [1.807, 2.05) is 36.4 Å². The maximum absolute atomic E-state index is 12.6. The van der Waals surface area contributed by atoms with Crippen molar-refractivity contribution in [1.29, 1.82) is 0 Å². The number of methoxy groups -OCH3 is 1. The Morgan fingerprint density at radius 3 is 2.83 bits per heavy atom. The Morgan fingerprint density at radius 2 is 2.03 bits per heavy atom. The minimum absolute atomic E-state index is 0.201. The number of nitrogens with zero attached hydrogens (tertiary/aromatic N) is 1. The molecule has 0 saturated heterocycles. The summed E-state index contributed by atoms with van der Waals surface area (Å²) in [5.41, 5.74) is 2.96. The number of hydrogen-bond acceptors (Lipinski definition) is 5. The van der Waals surface area contributed by atoms with Crippen molar-refractivity contribution in [2.24, 2.45) is 0 Å². The van der Waals surface area contributed by atoms with Crippen LogP contribution in [0.3, 0.4) is 0 Å². The van der Waals surface area contributed by atoms with Crippen LogP contribution < -0.4 is 19.5 Å². The largest absolute Gasteiger partial charge is 0.497 e. The van der Waals surface area contributed by atoms with E-state index in [9.17, 15) is 4.79 Å². The first-order chi connectivity index (χ1) is 14.2. The van der Waals surface area contributed by atoms with Crippen molar-refractivity contribution in [3.05, 3.63) is 58.7 Å². The molecule has 0 unspecified atom stereocenters. The molecular weight excluding hydrogens is 394 g/mol. The summed E-state index contributed by atoms with van der Waals surface area (Å²) in [4.78, 5) is 12.6. The molecule has 7 nitrogen and oxygen atoms in total. The highest BCUT2D eigenvalue weighted by atomic mass is 35.5. The van der Waals surface area contributed by atoms with Gasteiger partial charge in [0.25, 0.3) is 5.91 Å². The van der Waals surface area contributed by atoms with Crippen molar-refractivity contribution < 1.29 is 19.0 Å². The number of benzene rings is 2. The number of H-pyrrole nitrogens is 1. The molecule has 29 heavy (non-hydrogen) atoms. The highest BCUT2D eigenvalue weighted by molar-refractivity contribution is 6.32. The number of halogens is 1. The van der Waals surface area contributed by atoms with E-state index in [-0.39, 0.29) is 5.91 Å². The van der Waals surface area contributed by atoms with Gasteiger partial charge in [0.15, 0.2) is 11.5 Å². The average Bonchev–Trinajstić information content (AvgIpc) is 3.24. The second-order valence-electron chi connectivity index (χ2n) is 6.49. The van der Waals surface area contributed by atoms with Crippen LogP contribution in [0.1, 0.15) is 15.9 Å². The summed E-state index contributed by atoms with van der Waals surface area (Å²) in [5.74, 6) is 1.76. The molecule has 2 aromatic carbocycles. The molecule has 0 aliphatic carbocycles. The zero-order valence-electron chi connectivity index (χ0n) is 15.8. The van der Waals surface area contributed by atoms with Crippen LogP contribution >= 0.6 is 11.6 Å². The topological polar surface area (TPSA) is 85.5 Å². The Balaban J connectivity index is 1.41. The lowest BCUT2D eigenvalue weighted by atomic mass is 10.1. The molecule has 4 rings (SSSR count). The van der Waals surface area contributed by atoms with Crippen LogP contribution in [-0.2, 0) is 6.42 Å². The van der Waals surface area contributed by atoms with Gasteiger partial charge in [-0.25, -0.2) is 0 Å². The molecule has 0 atom stereocenters. The fourth-order valence-corrected chi connectivity index (χ4v) is 3.45. The maximum Gasteiger partial charge on any atom is 0.255 e. The number of carbonyl (C=O) groups is 1. The van der Waals surface area contributed by atoms with Crippen LogP contribution in [0.5, 0.6) is 17.2 Å². The Labute approximate surface area is 172 Å². The van der Waals surface area contributed by atoms with Gasteiger partial charge in [-0.2, -0.15) is 5.10 Å². The zero-order valence-corrected chi connectivity index (χ0v) is 16.6. The summed E-state index contributed by atoms with van der Waals surface area (Å²) in [6, 6.07) is 11.2. The van der Waals surface area contributed by atoms with Crippen LogP contribution in [-0.4, -0.2) is 43.0 Å². The molecule has 8 heteroatoms. The van der Waals surface area contributed by atoms with E-state index in [1.165, 1.54) is 6.20 Å². The smallest absolute Gasteiger partial charge is 0.255 e. The molecule has 2 heterocycles. The molecule has 0 spiro atoms. The first-order valence-corrected chi connectivity index (χ1v) is 9.57. The number of aromatic amines is 1. The van der Waals surface area contributed by atoms with Crippen molar-refractivity contribution in [1.82, 2.24) is 15.5 Å². The molecule has 0 bridgehead atoms. The lowest BCUT2D eigenvalue weighted by Gasteiger charge is -2.20. The van der Waals surface area contributed by atoms with Gasteiger partial charge in [0.1, 0.15) is 19.0 Å². The summed E-state index contributed by atoms with van der Waals surface area (Å²) < 4.78 is 16.3. The number of nitrogens with one attached hydrogen (secondary N) is 2. The van der Waals surface area contributed by atoms with Crippen molar-refractivity contribution in [3.8, 4) is 28.5 Å².